The molecule has 0 spiro atoms. The minimum atomic E-state index is -0.177. The highest BCUT2D eigenvalue weighted by Crippen LogP contribution is 2.41. The van der Waals surface area contributed by atoms with Gasteiger partial charge in [0.05, 0.1) is 14.1 Å². The van der Waals surface area contributed by atoms with E-state index in [0.717, 1.165) is 0 Å². The van der Waals surface area contributed by atoms with Crippen LogP contribution in [0.2, 0.25) is 0 Å². The summed E-state index contributed by atoms with van der Waals surface area (Å²) in [4.78, 5) is 11.9. The highest BCUT2D eigenvalue weighted by Gasteiger charge is 2.32. The van der Waals surface area contributed by atoms with Crippen LogP contribution in [-0.2, 0) is 9.53 Å². The Morgan fingerprint density at radius 3 is 2.74 bits per heavy atom. The lowest BCUT2D eigenvalue weighted by Gasteiger charge is -2.38. The molecule has 0 aromatic rings. The molecule has 1 aliphatic carbocycles. The molecule has 2 unspecified atom stereocenters. The predicted octanol–water partition coefficient (Wildman–Crippen LogP) is 4.12. The van der Waals surface area contributed by atoms with E-state index in [1.807, 2.05) is 0 Å². The van der Waals surface area contributed by atoms with Crippen LogP contribution in [0.15, 0.2) is 36.5 Å². The fourth-order valence-electron chi connectivity index (χ4n) is 3.16. The van der Waals surface area contributed by atoms with Gasteiger partial charge in [-0.3, -0.25) is 0 Å². The largest absolute Gasteiger partial charge is 0.457 e. The quantitative estimate of drug-likeness (QED) is 0.401. The van der Waals surface area contributed by atoms with Crippen LogP contribution in [0, 0.1) is 11.3 Å². The number of rotatable bonds is 7. The first kappa shape index (κ1) is 19.7. The molecular weight excluding hydrogens is 286 g/mol. The number of nitrogens with zero attached hydrogens (tertiary/aromatic N) is 1. The zero-order chi connectivity index (χ0) is 17.7. The summed E-state index contributed by atoms with van der Waals surface area (Å²) in [7, 11) is 4.14. The second-order valence-electron chi connectivity index (χ2n) is 7.99. The van der Waals surface area contributed by atoms with Crippen LogP contribution >= 0.6 is 0 Å². The molecule has 0 fully saturated rings. The molecule has 3 nitrogen and oxygen atoms in total. The number of likely N-dealkylation sites (N-methyl/N-ethyl adjacent to an activating group) is 1. The first-order valence-corrected chi connectivity index (χ1v) is 8.54. The first-order chi connectivity index (χ1) is 10.6. The SMILES string of the molecule is C=CCOC(=O)C[N+](C)(C)C(C)/C=C/C1C(C)=CCCC1(C)C. The van der Waals surface area contributed by atoms with Crippen molar-refractivity contribution in [3.63, 3.8) is 0 Å². The third kappa shape index (κ3) is 5.65. The molecule has 130 valence electrons. The van der Waals surface area contributed by atoms with E-state index in [-0.39, 0.29) is 18.6 Å². The topological polar surface area (TPSA) is 26.3 Å². The van der Waals surface area contributed by atoms with Crippen LogP contribution in [0.3, 0.4) is 0 Å². The molecule has 0 aliphatic heterocycles. The van der Waals surface area contributed by atoms with Crippen molar-refractivity contribution >= 4 is 5.97 Å². The van der Waals surface area contributed by atoms with Gasteiger partial charge in [0.15, 0.2) is 6.54 Å². The van der Waals surface area contributed by atoms with E-state index in [9.17, 15) is 4.79 Å². The summed E-state index contributed by atoms with van der Waals surface area (Å²) >= 11 is 0. The first-order valence-electron chi connectivity index (χ1n) is 8.54. The molecule has 3 heteroatoms. The molecule has 0 aromatic heterocycles. The van der Waals surface area contributed by atoms with E-state index in [1.165, 1.54) is 18.4 Å². The van der Waals surface area contributed by atoms with Crippen molar-refractivity contribution in [1.29, 1.82) is 0 Å². The average Bonchev–Trinajstić information content (AvgIpc) is 2.43. The summed E-state index contributed by atoms with van der Waals surface area (Å²) < 4.78 is 5.70. The molecule has 0 saturated heterocycles. The van der Waals surface area contributed by atoms with Crippen molar-refractivity contribution in [3.8, 4) is 0 Å². The third-order valence-corrected chi connectivity index (χ3v) is 5.17. The number of ether oxygens (including phenoxy) is 1. The van der Waals surface area contributed by atoms with Crippen molar-refractivity contribution in [2.45, 2.75) is 46.6 Å². The maximum atomic E-state index is 11.9. The standard InChI is InChI=1S/C20H34NO2/c1-8-14-23-19(22)15-21(6,7)17(3)11-12-18-16(2)10-9-13-20(18,4)5/h8,10-12,17-18H,1,9,13-15H2,2-7H3/q+1/b12-11+. The van der Waals surface area contributed by atoms with Gasteiger partial charge in [-0.15, -0.1) is 0 Å². The fraction of sp³-hybridized carbons (Fsp3) is 0.650. The Kier molecular flexibility index (Phi) is 6.82. The van der Waals surface area contributed by atoms with Gasteiger partial charge in [-0.25, -0.2) is 4.79 Å². The van der Waals surface area contributed by atoms with Crippen LogP contribution in [0.1, 0.15) is 40.5 Å². The Labute approximate surface area is 142 Å². The highest BCUT2D eigenvalue weighted by molar-refractivity contribution is 5.70. The van der Waals surface area contributed by atoms with E-state index in [0.29, 0.717) is 22.4 Å². The van der Waals surface area contributed by atoms with Gasteiger partial charge in [0.25, 0.3) is 0 Å². The van der Waals surface area contributed by atoms with Gasteiger partial charge in [0.2, 0.25) is 0 Å². The molecule has 0 bridgehead atoms. The van der Waals surface area contributed by atoms with E-state index < -0.39 is 0 Å². The van der Waals surface area contributed by atoms with Crippen molar-refractivity contribution in [3.05, 3.63) is 36.5 Å². The molecule has 0 saturated carbocycles. The zero-order valence-electron chi connectivity index (χ0n) is 15.8. The van der Waals surface area contributed by atoms with Crippen LogP contribution in [0.25, 0.3) is 0 Å². The molecule has 23 heavy (non-hydrogen) atoms. The van der Waals surface area contributed by atoms with E-state index in [2.05, 4.69) is 66.6 Å². The monoisotopic (exact) mass is 320 g/mol. The zero-order valence-corrected chi connectivity index (χ0v) is 15.8. The Morgan fingerprint density at radius 2 is 2.17 bits per heavy atom. The smallest absolute Gasteiger partial charge is 0.362 e. The van der Waals surface area contributed by atoms with E-state index in [1.54, 1.807) is 6.08 Å². The molecule has 1 aliphatic rings. The highest BCUT2D eigenvalue weighted by atomic mass is 16.5. The molecule has 0 heterocycles. The Morgan fingerprint density at radius 1 is 1.52 bits per heavy atom. The second kappa shape index (κ2) is 7.96. The van der Waals surface area contributed by atoms with Gasteiger partial charge in [0, 0.05) is 5.92 Å². The van der Waals surface area contributed by atoms with Gasteiger partial charge in [-0.05, 0) is 38.2 Å². The van der Waals surface area contributed by atoms with Crippen molar-refractivity contribution in [1.82, 2.24) is 0 Å². The number of carbonyl (C=O) groups is 1. The lowest BCUT2D eigenvalue weighted by Crippen LogP contribution is -2.50. The summed E-state index contributed by atoms with van der Waals surface area (Å²) in [5, 5.41) is 0. The van der Waals surface area contributed by atoms with Gasteiger partial charge in [-0.1, -0.05) is 44.2 Å². The van der Waals surface area contributed by atoms with Crippen LogP contribution in [0.4, 0.5) is 0 Å². The fourth-order valence-corrected chi connectivity index (χ4v) is 3.16. The number of hydrogen-bond acceptors (Lipinski definition) is 2. The summed E-state index contributed by atoms with van der Waals surface area (Å²) in [6.07, 6.45) is 11.0. The minimum Gasteiger partial charge on any atom is -0.457 e. The lowest BCUT2D eigenvalue weighted by molar-refractivity contribution is -0.899. The van der Waals surface area contributed by atoms with Crippen LogP contribution in [-0.4, -0.2) is 43.7 Å². The Bertz CT molecular complexity index is 486. The van der Waals surface area contributed by atoms with Gasteiger partial charge in [-0.2, -0.15) is 0 Å². The normalized spacial score (nSPS) is 22.5. The van der Waals surface area contributed by atoms with Gasteiger partial charge >= 0.3 is 5.97 Å². The number of quaternary nitrogens is 1. The number of carbonyl (C=O) groups excluding carboxylic acids is 1. The molecule has 1 rings (SSSR count). The minimum absolute atomic E-state index is 0.177. The lowest BCUT2D eigenvalue weighted by atomic mass is 9.68. The van der Waals surface area contributed by atoms with Gasteiger partial charge < -0.3 is 9.22 Å². The molecule has 0 radical (unpaired) electrons. The predicted molar refractivity (Wildman–Crippen MR) is 97.0 cm³/mol. The summed E-state index contributed by atoms with van der Waals surface area (Å²) in [6.45, 7) is 13.3. The van der Waals surface area contributed by atoms with Crippen LogP contribution in [0.5, 0.6) is 0 Å². The molecule has 0 aromatic carbocycles. The van der Waals surface area contributed by atoms with Crippen molar-refractivity contribution < 1.29 is 14.0 Å². The van der Waals surface area contributed by atoms with E-state index >= 15 is 0 Å². The number of allylic oxidation sites excluding steroid dienone is 3. The molecule has 0 amide bonds. The van der Waals surface area contributed by atoms with Crippen molar-refractivity contribution in [2.24, 2.45) is 11.3 Å². The molecule has 0 N–H and O–H groups in total. The summed E-state index contributed by atoms with van der Waals surface area (Å²) in [6, 6.07) is 0.247. The number of esters is 1. The summed E-state index contributed by atoms with van der Waals surface area (Å²) in [5.41, 5.74) is 1.76. The van der Waals surface area contributed by atoms with Crippen molar-refractivity contribution in [2.75, 3.05) is 27.2 Å². The molecular formula is C20H34NO2+. The van der Waals surface area contributed by atoms with Gasteiger partial charge in [0.1, 0.15) is 12.6 Å². The maximum Gasteiger partial charge on any atom is 0.362 e. The average molecular weight is 320 g/mol. The maximum absolute atomic E-state index is 11.9. The molecule has 2 atom stereocenters. The Hall–Kier alpha value is -1.35. The third-order valence-electron chi connectivity index (χ3n) is 5.17. The van der Waals surface area contributed by atoms with E-state index in [4.69, 9.17) is 4.74 Å². The van der Waals surface area contributed by atoms with Crippen LogP contribution < -0.4 is 0 Å². The second-order valence-corrected chi connectivity index (χ2v) is 7.99. The Balaban J connectivity index is 2.74. The summed E-state index contributed by atoms with van der Waals surface area (Å²) in [5.74, 6) is 0.302. The number of hydrogen-bond donors (Lipinski definition) is 0.